The second-order valence-electron chi connectivity index (χ2n) is 4.34. The van der Waals surface area contributed by atoms with E-state index in [0.29, 0.717) is 6.04 Å². The van der Waals surface area contributed by atoms with Crippen LogP contribution in [-0.4, -0.2) is 0 Å². The normalized spacial score (nSPS) is 12.1. The lowest BCUT2D eigenvalue weighted by atomic mass is 10.0. The molecule has 0 aliphatic carbocycles. The van der Waals surface area contributed by atoms with Crippen LogP contribution in [-0.2, 0) is 6.54 Å². The number of nitriles is 1. The molecule has 0 aliphatic heterocycles. The van der Waals surface area contributed by atoms with Crippen LogP contribution < -0.4 is 5.32 Å². The van der Waals surface area contributed by atoms with Gasteiger partial charge in [0.25, 0.3) is 0 Å². The molecule has 1 unspecified atom stereocenters. The molecular formula is C15H16N2S. The third-order valence-electron chi connectivity index (χ3n) is 3.01. The molecule has 1 heterocycles. The van der Waals surface area contributed by atoms with Crippen molar-refractivity contribution < 1.29 is 0 Å². The molecule has 92 valence electrons. The van der Waals surface area contributed by atoms with E-state index < -0.39 is 0 Å². The summed E-state index contributed by atoms with van der Waals surface area (Å²) in [6, 6.07) is 14.8. The van der Waals surface area contributed by atoms with Crippen molar-refractivity contribution >= 4 is 11.3 Å². The van der Waals surface area contributed by atoms with Crippen molar-refractivity contribution in [3.05, 3.63) is 57.3 Å². The summed E-state index contributed by atoms with van der Waals surface area (Å²) in [5, 5.41) is 12.3. The summed E-state index contributed by atoms with van der Waals surface area (Å²) in [7, 11) is 0. The Balaban J connectivity index is 1.98. The van der Waals surface area contributed by atoms with E-state index in [1.165, 1.54) is 16.0 Å². The fourth-order valence-electron chi connectivity index (χ4n) is 1.97. The average molecular weight is 256 g/mol. The summed E-state index contributed by atoms with van der Waals surface area (Å²) in [4.78, 5) is 1.97. The summed E-state index contributed by atoms with van der Waals surface area (Å²) in [6.07, 6.45) is 0. The van der Waals surface area contributed by atoms with E-state index in [4.69, 9.17) is 5.26 Å². The molecule has 1 aromatic carbocycles. The zero-order chi connectivity index (χ0) is 13.0. The first kappa shape index (κ1) is 12.8. The van der Waals surface area contributed by atoms with Gasteiger partial charge in [-0.25, -0.2) is 0 Å². The van der Waals surface area contributed by atoms with Gasteiger partial charge < -0.3 is 5.32 Å². The van der Waals surface area contributed by atoms with E-state index in [-0.39, 0.29) is 0 Å². The minimum Gasteiger partial charge on any atom is -0.305 e. The maximum atomic E-state index is 8.78. The molecule has 0 radical (unpaired) electrons. The van der Waals surface area contributed by atoms with Crippen LogP contribution in [0.5, 0.6) is 0 Å². The number of nitrogens with one attached hydrogen (secondary N) is 1. The third-order valence-corrected chi connectivity index (χ3v) is 4.00. The van der Waals surface area contributed by atoms with Crippen molar-refractivity contribution in [2.24, 2.45) is 0 Å². The van der Waals surface area contributed by atoms with E-state index in [1.54, 1.807) is 11.3 Å². The Kier molecular flexibility index (Phi) is 4.14. The lowest BCUT2D eigenvalue weighted by Gasteiger charge is -2.15. The molecule has 1 atom stereocenters. The molecule has 1 aromatic heterocycles. The first-order valence-corrected chi connectivity index (χ1v) is 6.80. The van der Waals surface area contributed by atoms with E-state index in [2.05, 4.69) is 49.5 Å². The topological polar surface area (TPSA) is 35.8 Å². The lowest BCUT2D eigenvalue weighted by molar-refractivity contribution is 0.576. The average Bonchev–Trinajstić information content (AvgIpc) is 2.84. The van der Waals surface area contributed by atoms with Crippen LogP contribution >= 0.6 is 11.3 Å². The van der Waals surface area contributed by atoms with Gasteiger partial charge in [-0.1, -0.05) is 24.3 Å². The molecule has 2 rings (SSSR count). The van der Waals surface area contributed by atoms with Gasteiger partial charge in [-0.3, -0.25) is 0 Å². The highest BCUT2D eigenvalue weighted by Gasteiger charge is 2.07. The van der Waals surface area contributed by atoms with Crippen molar-refractivity contribution in [3.63, 3.8) is 0 Å². The van der Waals surface area contributed by atoms with Crippen molar-refractivity contribution in [3.8, 4) is 6.07 Å². The second kappa shape index (κ2) is 5.81. The van der Waals surface area contributed by atoms with E-state index in [0.717, 1.165) is 11.4 Å². The smallest absolute Gasteiger partial charge is 0.110 e. The number of nitrogens with zero attached hydrogens (tertiary/aromatic N) is 1. The van der Waals surface area contributed by atoms with Crippen LogP contribution in [0.1, 0.15) is 33.8 Å². The standard InChI is InChI=1S/C15H16N2S/c1-11-5-3-4-6-15(11)12(2)17-10-14-8-7-13(9-16)18-14/h3-8,12,17H,10H2,1-2H3. The Labute approximate surface area is 112 Å². The quantitative estimate of drug-likeness (QED) is 0.903. The minimum absolute atomic E-state index is 0.318. The van der Waals surface area contributed by atoms with Gasteiger partial charge in [-0.15, -0.1) is 11.3 Å². The van der Waals surface area contributed by atoms with E-state index in [1.807, 2.05) is 12.1 Å². The number of hydrogen-bond acceptors (Lipinski definition) is 3. The van der Waals surface area contributed by atoms with Gasteiger partial charge in [0.15, 0.2) is 0 Å². The van der Waals surface area contributed by atoms with Gasteiger partial charge >= 0.3 is 0 Å². The third kappa shape index (κ3) is 2.98. The van der Waals surface area contributed by atoms with Crippen LogP contribution in [0.3, 0.4) is 0 Å². The molecule has 0 saturated heterocycles. The molecule has 0 amide bonds. The Hall–Kier alpha value is -1.63. The predicted octanol–water partition coefficient (Wildman–Crippen LogP) is 3.78. The van der Waals surface area contributed by atoms with Gasteiger partial charge in [0.1, 0.15) is 10.9 Å². The summed E-state index contributed by atoms with van der Waals surface area (Å²) in [5.41, 5.74) is 2.64. The first-order valence-electron chi connectivity index (χ1n) is 5.98. The van der Waals surface area contributed by atoms with Crippen LogP contribution in [0.4, 0.5) is 0 Å². The molecule has 18 heavy (non-hydrogen) atoms. The van der Waals surface area contributed by atoms with Gasteiger partial charge in [0, 0.05) is 17.5 Å². The van der Waals surface area contributed by atoms with Gasteiger partial charge in [-0.05, 0) is 37.1 Å². The Morgan fingerprint density at radius 2 is 2.06 bits per heavy atom. The van der Waals surface area contributed by atoms with Crippen molar-refractivity contribution in [1.82, 2.24) is 5.32 Å². The van der Waals surface area contributed by atoms with Crippen molar-refractivity contribution in [2.45, 2.75) is 26.4 Å². The van der Waals surface area contributed by atoms with Gasteiger partial charge in [0.05, 0.1) is 0 Å². The number of aryl methyl sites for hydroxylation is 1. The van der Waals surface area contributed by atoms with Crippen molar-refractivity contribution in [2.75, 3.05) is 0 Å². The highest BCUT2D eigenvalue weighted by molar-refractivity contribution is 7.12. The van der Waals surface area contributed by atoms with Gasteiger partial charge in [-0.2, -0.15) is 5.26 Å². The summed E-state index contributed by atoms with van der Waals surface area (Å²) in [6.45, 7) is 5.11. The van der Waals surface area contributed by atoms with Gasteiger partial charge in [0.2, 0.25) is 0 Å². The summed E-state index contributed by atoms with van der Waals surface area (Å²) >= 11 is 1.55. The first-order chi connectivity index (χ1) is 8.70. The molecule has 0 saturated carbocycles. The monoisotopic (exact) mass is 256 g/mol. The molecular weight excluding hydrogens is 240 g/mol. The van der Waals surface area contributed by atoms with E-state index >= 15 is 0 Å². The van der Waals surface area contributed by atoms with Crippen LogP contribution in [0, 0.1) is 18.3 Å². The highest BCUT2D eigenvalue weighted by atomic mass is 32.1. The molecule has 0 bridgehead atoms. The summed E-state index contributed by atoms with van der Waals surface area (Å²) < 4.78 is 0. The Morgan fingerprint density at radius 3 is 2.72 bits per heavy atom. The zero-order valence-corrected chi connectivity index (χ0v) is 11.4. The largest absolute Gasteiger partial charge is 0.305 e. The van der Waals surface area contributed by atoms with Crippen molar-refractivity contribution in [1.29, 1.82) is 5.26 Å². The zero-order valence-electron chi connectivity index (χ0n) is 10.6. The SMILES string of the molecule is Cc1ccccc1C(C)NCc1ccc(C#N)s1. The fraction of sp³-hybridized carbons (Fsp3) is 0.267. The lowest BCUT2D eigenvalue weighted by Crippen LogP contribution is -2.18. The molecule has 2 aromatic rings. The molecule has 0 fully saturated rings. The van der Waals surface area contributed by atoms with Crippen LogP contribution in [0.15, 0.2) is 36.4 Å². The molecule has 0 spiro atoms. The molecule has 1 N–H and O–H groups in total. The Morgan fingerprint density at radius 1 is 1.28 bits per heavy atom. The highest BCUT2D eigenvalue weighted by Crippen LogP contribution is 2.19. The number of rotatable bonds is 4. The van der Waals surface area contributed by atoms with Crippen LogP contribution in [0.2, 0.25) is 0 Å². The molecule has 2 nitrogen and oxygen atoms in total. The molecule has 0 aliphatic rings. The maximum Gasteiger partial charge on any atom is 0.110 e. The number of hydrogen-bond donors (Lipinski definition) is 1. The number of benzene rings is 1. The maximum absolute atomic E-state index is 8.78. The van der Waals surface area contributed by atoms with E-state index in [9.17, 15) is 0 Å². The minimum atomic E-state index is 0.318. The van der Waals surface area contributed by atoms with Crippen LogP contribution in [0.25, 0.3) is 0 Å². The fourth-order valence-corrected chi connectivity index (χ4v) is 2.73. The number of thiophene rings is 1. The Bertz CT molecular complexity index is 566. The summed E-state index contributed by atoms with van der Waals surface area (Å²) in [5.74, 6) is 0. The second-order valence-corrected chi connectivity index (χ2v) is 5.51. The molecule has 3 heteroatoms. The predicted molar refractivity (Wildman–Crippen MR) is 75.5 cm³/mol.